The normalized spacial score (nSPS) is 14.1. The number of nitrogens with two attached hydrogens (primary N) is 1. The molecule has 2 heteroatoms. The second-order valence-corrected chi connectivity index (χ2v) is 14.6. The smallest absolute Gasteiger partial charge is 0.0754 e. The molecule has 1 spiro atoms. The Morgan fingerprint density at radius 1 is 0.491 bits per heavy atom. The third-order valence-corrected chi connectivity index (χ3v) is 11.6. The molecule has 1 atom stereocenters. The van der Waals surface area contributed by atoms with Crippen LogP contribution >= 0.6 is 0 Å². The zero-order chi connectivity index (χ0) is 36.8. The van der Waals surface area contributed by atoms with Crippen LogP contribution in [-0.2, 0) is 11.8 Å². The van der Waals surface area contributed by atoms with Crippen molar-refractivity contribution in [2.45, 2.75) is 17.8 Å². The van der Waals surface area contributed by atoms with Crippen LogP contribution < -0.4 is 10.6 Å². The number of anilines is 3. The van der Waals surface area contributed by atoms with Crippen molar-refractivity contribution in [3.05, 3.63) is 251 Å². The van der Waals surface area contributed by atoms with Crippen LogP contribution in [0.1, 0.15) is 44.9 Å². The van der Waals surface area contributed by atoms with Gasteiger partial charge in [-0.3, -0.25) is 0 Å². The molecule has 0 saturated heterocycles. The number of nitrogens with zero attached hydrogens (tertiary/aromatic N) is 1. The lowest BCUT2D eigenvalue weighted by Crippen LogP contribution is -2.36. The van der Waals surface area contributed by atoms with Gasteiger partial charge in [0.15, 0.2) is 0 Å². The fourth-order valence-corrected chi connectivity index (χ4v) is 9.26. The molecule has 0 bridgehead atoms. The number of hydrogen-bond acceptors (Lipinski definition) is 2. The second-order valence-electron chi connectivity index (χ2n) is 14.6. The summed E-state index contributed by atoms with van der Waals surface area (Å²) in [6, 6.07) is 75.0. The monoisotopic (exact) mass is 704 g/mol. The molecule has 1 aliphatic heterocycles. The molecule has 2 aliphatic rings. The Morgan fingerprint density at radius 2 is 1.02 bits per heavy atom. The van der Waals surface area contributed by atoms with Crippen LogP contribution in [0, 0.1) is 0 Å². The lowest BCUT2D eigenvalue weighted by atomic mass is 9.64. The SMILES string of the molecule is N/C(=C\[C@H](Cc1ccccc1-c1ccc2c(c1)C1(c3ccccc3-2)c2ccccc2N(c2ccccc2)c2ccccc21)c1ccccc1)c1ccccc1. The summed E-state index contributed by atoms with van der Waals surface area (Å²) < 4.78 is 0. The third kappa shape index (κ3) is 5.33. The number of benzene rings is 8. The Hall–Kier alpha value is -6.90. The van der Waals surface area contributed by atoms with E-state index in [-0.39, 0.29) is 5.92 Å². The van der Waals surface area contributed by atoms with E-state index in [0.29, 0.717) is 0 Å². The van der Waals surface area contributed by atoms with Crippen LogP contribution in [0.2, 0.25) is 0 Å². The zero-order valence-electron chi connectivity index (χ0n) is 30.5. The molecule has 1 heterocycles. The Balaban J connectivity index is 1.16. The molecule has 262 valence electrons. The number of rotatable bonds is 7. The van der Waals surface area contributed by atoms with E-state index in [1.807, 2.05) is 18.2 Å². The first-order valence-corrected chi connectivity index (χ1v) is 19.2. The van der Waals surface area contributed by atoms with E-state index >= 15 is 0 Å². The average Bonchev–Trinajstić information content (AvgIpc) is 3.55. The van der Waals surface area contributed by atoms with E-state index in [1.165, 1.54) is 67.0 Å². The summed E-state index contributed by atoms with van der Waals surface area (Å²) in [6.45, 7) is 0. The van der Waals surface area contributed by atoms with Crippen molar-refractivity contribution in [1.29, 1.82) is 0 Å². The first kappa shape index (κ1) is 32.7. The molecule has 10 rings (SSSR count). The largest absolute Gasteiger partial charge is 0.398 e. The van der Waals surface area contributed by atoms with Gasteiger partial charge in [-0.2, -0.15) is 0 Å². The van der Waals surface area contributed by atoms with Crippen LogP contribution in [0.5, 0.6) is 0 Å². The number of hydrogen-bond donors (Lipinski definition) is 1. The molecule has 0 radical (unpaired) electrons. The van der Waals surface area contributed by atoms with Gasteiger partial charge in [0.05, 0.1) is 16.8 Å². The number of para-hydroxylation sites is 3. The van der Waals surface area contributed by atoms with Crippen molar-refractivity contribution in [3.8, 4) is 22.3 Å². The highest BCUT2D eigenvalue weighted by molar-refractivity contribution is 5.96. The molecule has 8 aromatic rings. The van der Waals surface area contributed by atoms with Crippen molar-refractivity contribution in [2.24, 2.45) is 5.73 Å². The van der Waals surface area contributed by atoms with Crippen LogP contribution in [-0.4, -0.2) is 0 Å². The molecule has 0 amide bonds. The Labute approximate surface area is 323 Å². The maximum Gasteiger partial charge on any atom is 0.0754 e. The van der Waals surface area contributed by atoms with Gasteiger partial charge in [-0.15, -0.1) is 0 Å². The van der Waals surface area contributed by atoms with Crippen molar-refractivity contribution < 1.29 is 0 Å². The van der Waals surface area contributed by atoms with Crippen LogP contribution in [0.25, 0.3) is 28.0 Å². The molecule has 2 nitrogen and oxygen atoms in total. The van der Waals surface area contributed by atoms with Gasteiger partial charge >= 0.3 is 0 Å². The number of allylic oxidation sites excluding steroid dienone is 1. The first-order valence-electron chi connectivity index (χ1n) is 19.2. The van der Waals surface area contributed by atoms with Crippen LogP contribution in [0.3, 0.4) is 0 Å². The fourth-order valence-electron chi connectivity index (χ4n) is 9.26. The van der Waals surface area contributed by atoms with Crippen LogP contribution in [0.4, 0.5) is 17.1 Å². The van der Waals surface area contributed by atoms with E-state index in [4.69, 9.17) is 5.73 Å². The second kappa shape index (κ2) is 13.5. The van der Waals surface area contributed by atoms with E-state index in [1.54, 1.807) is 0 Å². The summed E-state index contributed by atoms with van der Waals surface area (Å²) in [5, 5.41) is 0. The van der Waals surface area contributed by atoms with Gasteiger partial charge in [0.25, 0.3) is 0 Å². The summed E-state index contributed by atoms with van der Waals surface area (Å²) in [7, 11) is 0. The van der Waals surface area contributed by atoms with Gasteiger partial charge in [0.2, 0.25) is 0 Å². The molecular formula is C53H40N2. The van der Waals surface area contributed by atoms with Gasteiger partial charge in [-0.25, -0.2) is 0 Å². The predicted octanol–water partition coefficient (Wildman–Crippen LogP) is 12.8. The maximum absolute atomic E-state index is 6.80. The summed E-state index contributed by atoms with van der Waals surface area (Å²) in [5.74, 6) is 0.0913. The Bertz CT molecular complexity index is 2650. The van der Waals surface area contributed by atoms with E-state index in [9.17, 15) is 0 Å². The first-order chi connectivity index (χ1) is 27.2. The van der Waals surface area contributed by atoms with Gasteiger partial charge < -0.3 is 10.6 Å². The summed E-state index contributed by atoms with van der Waals surface area (Å²) in [4.78, 5) is 2.44. The van der Waals surface area contributed by atoms with Crippen molar-refractivity contribution in [1.82, 2.24) is 0 Å². The zero-order valence-corrected chi connectivity index (χ0v) is 30.5. The minimum atomic E-state index is -0.505. The highest BCUT2D eigenvalue weighted by Crippen LogP contribution is 2.63. The highest BCUT2D eigenvalue weighted by Gasteiger charge is 2.51. The minimum absolute atomic E-state index is 0.0913. The summed E-state index contributed by atoms with van der Waals surface area (Å²) in [6.07, 6.45) is 3.05. The lowest BCUT2D eigenvalue weighted by molar-refractivity contribution is 0.753. The van der Waals surface area contributed by atoms with Gasteiger partial charge in [-0.1, -0.05) is 182 Å². The van der Waals surface area contributed by atoms with E-state index in [2.05, 4.69) is 199 Å². The lowest BCUT2D eigenvalue weighted by Gasteiger charge is -2.45. The fraction of sp³-hybridized carbons (Fsp3) is 0.0566. The molecule has 1 aliphatic carbocycles. The van der Waals surface area contributed by atoms with Crippen molar-refractivity contribution in [2.75, 3.05) is 4.90 Å². The molecule has 55 heavy (non-hydrogen) atoms. The summed E-state index contributed by atoms with van der Waals surface area (Å²) in [5.41, 5.74) is 24.5. The average molecular weight is 705 g/mol. The van der Waals surface area contributed by atoms with Crippen molar-refractivity contribution in [3.63, 3.8) is 0 Å². The van der Waals surface area contributed by atoms with Crippen molar-refractivity contribution >= 4 is 22.8 Å². The molecule has 0 unspecified atom stereocenters. The quantitative estimate of drug-likeness (QED) is 0.179. The molecular weight excluding hydrogens is 665 g/mol. The van der Waals surface area contributed by atoms with Gasteiger partial charge in [0.1, 0.15) is 0 Å². The Morgan fingerprint density at radius 3 is 1.71 bits per heavy atom. The maximum atomic E-state index is 6.80. The highest BCUT2D eigenvalue weighted by atomic mass is 15.2. The molecule has 2 N–H and O–H groups in total. The topological polar surface area (TPSA) is 29.3 Å². The predicted molar refractivity (Wildman–Crippen MR) is 229 cm³/mol. The van der Waals surface area contributed by atoms with E-state index < -0.39 is 5.41 Å². The summed E-state index contributed by atoms with van der Waals surface area (Å²) >= 11 is 0. The standard InChI is InChI=1S/C53H40N2/c54-50(38-20-6-2-7-21-38)36-41(37-18-4-1-5-19-37)34-39-22-10-11-25-43(39)40-32-33-45-44-26-12-13-27-46(44)53(49(45)35-40)47-28-14-16-30-51(47)55(42-23-8-3-9-24-42)52-31-17-15-29-48(52)53/h1-33,35-36,41H,34,54H2/b50-36-/t41-/m0/s1. The molecule has 8 aromatic carbocycles. The van der Waals surface area contributed by atoms with Crippen LogP contribution in [0.15, 0.2) is 212 Å². The third-order valence-electron chi connectivity index (χ3n) is 11.6. The van der Waals surface area contributed by atoms with E-state index in [0.717, 1.165) is 23.4 Å². The molecule has 0 fully saturated rings. The van der Waals surface area contributed by atoms with Gasteiger partial charge in [0, 0.05) is 17.3 Å². The number of fused-ring (bicyclic) bond motifs is 9. The Kier molecular flexibility index (Phi) is 8.03. The molecule has 0 saturated carbocycles. The molecule has 0 aromatic heterocycles. The minimum Gasteiger partial charge on any atom is -0.398 e. The van der Waals surface area contributed by atoms with Gasteiger partial charge in [-0.05, 0) is 98.0 Å².